The molecule has 1 aliphatic rings. The van der Waals surface area contributed by atoms with Crippen molar-refractivity contribution in [1.29, 1.82) is 0 Å². The topological polar surface area (TPSA) is 68.8 Å². The van der Waals surface area contributed by atoms with E-state index in [1.807, 2.05) is 25.4 Å². The molecular formula is C20H29N3O3. The molecule has 26 heavy (non-hydrogen) atoms. The van der Waals surface area contributed by atoms with Gasteiger partial charge in [-0.05, 0) is 31.5 Å². The number of carbonyl (C=O) groups excluding carboxylic acids is 1. The number of β-amino-alcohol motifs (C(OH)–C–C–N with tert-alkyl or cyclic N) is 1. The molecule has 0 unspecified atom stereocenters. The smallest absolute Gasteiger partial charge is 0.222 e. The van der Waals surface area contributed by atoms with E-state index in [4.69, 9.17) is 4.74 Å². The normalized spacial score (nSPS) is 20.4. The number of ether oxygens (including phenoxy) is 1. The Kier molecular flexibility index (Phi) is 6.29. The predicted molar refractivity (Wildman–Crippen MR) is 102 cm³/mol. The highest BCUT2D eigenvalue weighted by Crippen LogP contribution is 2.21. The lowest BCUT2D eigenvalue weighted by atomic mass is 10.1. The van der Waals surface area contributed by atoms with Crippen LogP contribution < -0.4 is 0 Å². The van der Waals surface area contributed by atoms with E-state index in [9.17, 15) is 9.90 Å². The second-order valence-corrected chi connectivity index (χ2v) is 7.12. The van der Waals surface area contributed by atoms with Crippen LogP contribution in [0.25, 0.3) is 10.9 Å². The van der Waals surface area contributed by atoms with Crippen LogP contribution >= 0.6 is 0 Å². The van der Waals surface area contributed by atoms with Crippen molar-refractivity contribution in [3.63, 3.8) is 0 Å². The Hall–Kier alpha value is -1.89. The largest absolute Gasteiger partial charge is 0.390 e. The zero-order valence-corrected chi connectivity index (χ0v) is 15.6. The van der Waals surface area contributed by atoms with Crippen molar-refractivity contribution in [2.24, 2.45) is 0 Å². The van der Waals surface area contributed by atoms with Crippen molar-refractivity contribution in [2.75, 3.05) is 40.4 Å². The summed E-state index contributed by atoms with van der Waals surface area (Å²) in [5.41, 5.74) is 2.39. The number of fused-ring (bicyclic) bond motifs is 1. The summed E-state index contributed by atoms with van der Waals surface area (Å²) in [4.78, 5) is 19.7. The van der Waals surface area contributed by atoms with E-state index in [0.717, 1.165) is 24.9 Å². The quantitative estimate of drug-likeness (QED) is 0.752. The van der Waals surface area contributed by atoms with Crippen LogP contribution in [0.5, 0.6) is 0 Å². The molecule has 0 bridgehead atoms. The average molecular weight is 359 g/mol. The van der Waals surface area contributed by atoms with Gasteiger partial charge in [0.2, 0.25) is 5.91 Å². The van der Waals surface area contributed by atoms with Gasteiger partial charge in [0.05, 0.1) is 18.8 Å². The lowest BCUT2D eigenvalue weighted by Gasteiger charge is -2.25. The molecule has 1 saturated heterocycles. The van der Waals surface area contributed by atoms with Gasteiger partial charge in [-0.25, -0.2) is 0 Å². The number of methoxy groups -OCH3 is 1. The fraction of sp³-hybridized carbons (Fsp3) is 0.550. The van der Waals surface area contributed by atoms with Gasteiger partial charge in [-0.1, -0.05) is 18.2 Å². The van der Waals surface area contributed by atoms with Gasteiger partial charge in [0.15, 0.2) is 0 Å². The minimum atomic E-state index is -0.491. The van der Waals surface area contributed by atoms with Crippen molar-refractivity contribution in [3.05, 3.63) is 36.0 Å². The summed E-state index contributed by atoms with van der Waals surface area (Å²) in [6, 6.07) is 8.22. The van der Waals surface area contributed by atoms with Gasteiger partial charge in [-0.3, -0.25) is 9.69 Å². The number of hydrogen-bond acceptors (Lipinski definition) is 4. The zero-order chi connectivity index (χ0) is 18.5. The number of benzene rings is 1. The number of aliphatic hydroxyl groups excluding tert-OH is 1. The summed E-state index contributed by atoms with van der Waals surface area (Å²) in [7, 11) is 3.64. The molecule has 142 valence electrons. The van der Waals surface area contributed by atoms with Crippen LogP contribution in [0.3, 0.4) is 0 Å². The van der Waals surface area contributed by atoms with Crippen LogP contribution in [-0.4, -0.2) is 78.3 Å². The summed E-state index contributed by atoms with van der Waals surface area (Å²) in [5.74, 6) is 0.131. The van der Waals surface area contributed by atoms with Crippen molar-refractivity contribution in [2.45, 2.75) is 31.4 Å². The van der Waals surface area contributed by atoms with Crippen LogP contribution in [0.4, 0.5) is 0 Å². The predicted octanol–water partition coefficient (Wildman–Crippen LogP) is 1.64. The van der Waals surface area contributed by atoms with E-state index >= 15 is 0 Å². The molecule has 2 heterocycles. The van der Waals surface area contributed by atoms with E-state index in [0.29, 0.717) is 26.1 Å². The van der Waals surface area contributed by atoms with E-state index in [1.54, 1.807) is 12.0 Å². The maximum Gasteiger partial charge on any atom is 0.222 e. The molecule has 0 spiro atoms. The first-order valence-corrected chi connectivity index (χ1v) is 9.30. The number of para-hydroxylation sites is 1. The number of rotatable bonds is 8. The first-order chi connectivity index (χ1) is 12.6. The van der Waals surface area contributed by atoms with Crippen LogP contribution in [-0.2, 0) is 16.0 Å². The summed E-state index contributed by atoms with van der Waals surface area (Å²) in [5, 5.41) is 11.5. The molecule has 0 saturated carbocycles. The summed E-state index contributed by atoms with van der Waals surface area (Å²) < 4.78 is 5.09. The molecule has 1 aromatic heterocycles. The first kappa shape index (κ1) is 18.9. The number of aliphatic hydroxyl groups is 1. The number of amides is 1. The molecule has 1 aromatic carbocycles. The minimum Gasteiger partial charge on any atom is -0.390 e. The molecule has 1 amide bonds. The number of nitrogens with one attached hydrogen (secondary N) is 1. The third kappa shape index (κ3) is 4.26. The maximum absolute atomic E-state index is 12.5. The number of hydrogen-bond donors (Lipinski definition) is 2. The minimum absolute atomic E-state index is 0.0114. The Labute approximate surface area is 154 Å². The van der Waals surface area contributed by atoms with Gasteiger partial charge in [0, 0.05) is 50.3 Å². The van der Waals surface area contributed by atoms with E-state index < -0.39 is 6.10 Å². The van der Waals surface area contributed by atoms with E-state index in [2.05, 4.69) is 22.0 Å². The fourth-order valence-electron chi connectivity index (χ4n) is 3.73. The number of H-pyrrole nitrogens is 1. The molecule has 6 nitrogen and oxygen atoms in total. The molecular weight excluding hydrogens is 330 g/mol. The highest BCUT2D eigenvalue weighted by molar-refractivity contribution is 5.83. The molecule has 0 radical (unpaired) electrons. The van der Waals surface area contributed by atoms with Crippen LogP contribution in [0.1, 0.15) is 18.4 Å². The summed E-state index contributed by atoms with van der Waals surface area (Å²) in [6.45, 7) is 2.39. The lowest BCUT2D eigenvalue weighted by Crippen LogP contribution is -2.42. The Morgan fingerprint density at radius 2 is 2.19 bits per heavy atom. The molecule has 2 N–H and O–H groups in total. The molecule has 6 heteroatoms. The van der Waals surface area contributed by atoms with Crippen LogP contribution in [0.15, 0.2) is 30.5 Å². The Morgan fingerprint density at radius 3 is 3.00 bits per heavy atom. The van der Waals surface area contributed by atoms with Crippen molar-refractivity contribution < 1.29 is 14.6 Å². The van der Waals surface area contributed by atoms with Crippen molar-refractivity contribution in [1.82, 2.24) is 14.8 Å². The standard InChI is InChI=1S/C20H29N3O3/c1-22(10-11-26-2)18-13-23(14-19(18)24)20(25)9-5-6-15-12-21-17-8-4-3-7-16(15)17/h3-4,7-8,12,18-19,21,24H,5-6,9-11,13-14H2,1-2H3/t18-,19-/m0/s1. The Morgan fingerprint density at radius 1 is 1.38 bits per heavy atom. The maximum atomic E-state index is 12.5. The number of aromatic amines is 1. The number of likely N-dealkylation sites (tertiary alicyclic amines) is 1. The van der Waals surface area contributed by atoms with Gasteiger partial charge >= 0.3 is 0 Å². The second kappa shape index (κ2) is 8.66. The van der Waals surface area contributed by atoms with Gasteiger partial charge < -0.3 is 19.7 Å². The zero-order valence-electron chi connectivity index (χ0n) is 15.6. The number of aryl methyl sites for hydroxylation is 1. The monoisotopic (exact) mass is 359 g/mol. The molecule has 2 atom stereocenters. The Bertz CT molecular complexity index is 730. The van der Waals surface area contributed by atoms with Gasteiger partial charge in [0.1, 0.15) is 0 Å². The molecule has 0 aliphatic carbocycles. The highest BCUT2D eigenvalue weighted by atomic mass is 16.5. The number of carbonyl (C=O) groups is 1. The number of likely N-dealkylation sites (N-methyl/N-ethyl adjacent to an activating group) is 1. The summed E-state index contributed by atoms with van der Waals surface area (Å²) in [6.07, 6.45) is 3.76. The first-order valence-electron chi connectivity index (χ1n) is 9.30. The van der Waals surface area contributed by atoms with Crippen LogP contribution in [0, 0.1) is 0 Å². The van der Waals surface area contributed by atoms with Gasteiger partial charge in [-0.15, -0.1) is 0 Å². The van der Waals surface area contributed by atoms with E-state index in [-0.39, 0.29) is 11.9 Å². The molecule has 1 fully saturated rings. The second-order valence-electron chi connectivity index (χ2n) is 7.12. The summed E-state index contributed by atoms with van der Waals surface area (Å²) >= 11 is 0. The fourth-order valence-corrected chi connectivity index (χ4v) is 3.73. The highest BCUT2D eigenvalue weighted by Gasteiger charge is 2.35. The molecule has 1 aliphatic heterocycles. The molecule has 3 rings (SSSR count). The van der Waals surface area contributed by atoms with Crippen LogP contribution in [0.2, 0.25) is 0 Å². The number of nitrogens with zero attached hydrogens (tertiary/aromatic N) is 2. The third-order valence-electron chi connectivity index (χ3n) is 5.34. The van der Waals surface area contributed by atoms with Gasteiger partial charge in [-0.2, -0.15) is 0 Å². The number of aromatic nitrogens is 1. The third-order valence-corrected chi connectivity index (χ3v) is 5.34. The lowest BCUT2D eigenvalue weighted by molar-refractivity contribution is -0.130. The molecule has 2 aromatic rings. The Balaban J connectivity index is 1.48. The van der Waals surface area contributed by atoms with Crippen molar-refractivity contribution in [3.8, 4) is 0 Å². The SMILES string of the molecule is COCCN(C)[C@H]1CN(C(=O)CCCc2c[nH]c3ccccc23)C[C@@H]1O. The van der Waals surface area contributed by atoms with Gasteiger partial charge in [0.25, 0.3) is 0 Å². The van der Waals surface area contributed by atoms with Crippen molar-refractivity contribution >= 4 is 16.8 Å². The van der Waals surface area contributed by atoms with E-state index in [1.165, 1.54) is 10.9 Å². The average Bonchev–Trinajstić information content (AvgIpc) is 3.23.